The van der Waals surface area contributed by atoms with Crippen molar-refractivity contribution in [2.45, 2.75) is 0 Å². The van der Waals surface area contributed by atoms with Crippen LogP contribution in [-0.4, -0.2) is 78.0 Å². The van der Waals surface area contributed by atoms with E-state index in [1.165, 1.54) is 16.2 Å². The van der Waals surface area contributed by atoms with Gasteiger partial charge in [0.05, 0.1) is 36.9 Å². The molecule has 0 aliphatic carbocycles. The van der Waals surface area contributed by atoms with Gasteiger partial charge >= 0.3 is 0 Å². The second kappa shape index (κ2) is 8.21. The third-order valence-electron chi connectivity index (χ3n) is 5.23. The van der Waals surface area contributed by atoms with E-state index in [1.54, 1.807) is 24.4 Å². The van der Waals surface area contributed by atoms with E-state index in [4.69, 9.17) is 14.5 Å². The molecule has 2 saturated heterocycles. The zero-order valence-electron chi connectivity index (χ0n) is 16.3. The maximum Gasteiger partial charge on any atom is 0.286 e. The average Bonchev–Trinajstić information content (AvgIpc) is 3.17. The minimum absolute atomic E-state index is 0.206. The molecule has 156 valence electrons. The lowest BCUT2D eigenvalue weighted by atomic mass is 10.2. The number of anilines is 1. The van der Waals surface area contributed by atoms with Crippen LogP contribution in [0.2, 0.25) is 0 Å². The SMILES string of the molecule is O=C1N=C(N2CCOCC2)SC1=Cc1c(N2CCOCC2)nc2ccccn2c1=O. The maximum absolute atomic E-state index is 13.3. The Bertz CT molecular complexity index is 1100. The number of carbonyl (C=O) groups is 1. The minimum Gasteiger partial charge on any atom is -0.378 e. The smallest absolute Gasteiger partial charge is 0.286 e. The molecule has 30 heavy (non-hydrogen) atoms. The number of thioether (sulfide) groups is 1. The molecular weight excluding hydrogens is 406 g/mol. The van der Waals surface area contributed by atoms with Gasteiger partial charge in [0.15, 0.2) is 5.17 Å². The summed E-state index contributed by atoms with van der Waals surface area (Å²) in [6.07, 6.45) is 3.33. The first kappa shape index (κ1) is 19.3. The molecule has 10 heteroatoms. The zero-order chi connectivity index (χ0) is 20.5. The van der Waals surface area contributed by atoms with Gasteiger partial charge in [-0.25, -0.2) is 4.98 Å². The van der Waals surface area contributed by atoms with Crippen LogP contribution in [0.5, 0.6) is 0 Å². The van der Waals surface area contributed by atoms with Gasteiger partial charge in [0.25, 0.3) is 11.5 Å². The molecule has 5 heterocycles. The van der Waals surface area contributed by atoms with E-state index in [0.29, 0.717) is 79.7 Å². The van der Waals surface area contributed by atoms with Gasteiger partial charge in [0.1, 0.15) is 11.5 Å². The van der Waals surface area contributed by atoms with Crippen molar-refractivity contribution in [3.05, 3.63) is 45.2 Å². The molecule has 0 radical (unpaired) electrons. The maximum atomic E-state index is 13.3. The molecular formula is C20H21N5O4S. The Balaban J connectivity index is 1.55. The number of carbonyl (C=O) groups excluding carboxylic acids is 1. The van der Waals surface area contributed by atoms with Crippen molar-refractivity contribution in [1.29, 1.82) is 0 Å². The predicted octanol–water partition coefficient (Wildman–Crippen LogP) is 0.834. The van der Waals surface area contributed by atoms with Crippen molar-refractivity contribution < 1.29 is 14.3 Å². The standard InChI is InChI=1S/C20H21N5O4S/c26-18-15(30-20(22-18)24-7-11-29-12-8-24)13-14-17(23-5-9-28-10-6-23)21-16-3-1-2-4-25(16)19(14)27/h1-4,13H,5-12H2. The second-order valence-corrected chi connectivity index (χ2v) is 8.10. The molecule has 0 aromatic carbocycles. The zero-order valence-corrected chi connectivity index (χ0v) is 17.1. The highest BCUT2D eigenvalue weighted by Gasteiger charge is 2.29. The summed E-state index contributed by atoms with van der Waals surface area (Å²) >= 11 is 1.30. The normalized spacial score (nSPS) is 21.5. The monoisotopic (exact) mass is 427 g/mol. The first-order chi connectivity index (χ1) is 14.7. The summed E-state index contributed by atoms with van der Waals surface area (Å²) in [6, 6.07) is 5.44. The van der Waals surface area contributed by atoms with E-state index in [9.17, 15) is 9.59 Å². The first-order valence-corrected chi connectivity index (χ1v) is 10.7. The number of ether oxygens (including phenoxy) is 2. The Kier molecular flexibility index (Phi) is 5.28. The highest BCUT2D eigenvalue weighted by Crippen LogP contribution is 2.31. The van der Waals surface area contributed by atoms with Gasteiger partial charge in [0, 0.05) is 32.4 Å². The van der Waals surface area contributed by atoms with Gasteiger partial charge in [0.2, 0.25) is 0 Å². The molecule has 5 rings (SSSR count). The Morgan fingerprint density at radius 3 is 2.40 bits per heavy atom. The Labute approximate surface area is 177 Å². The summed E-state index contributed by atoms with van der Waals surface area (Å²) < 4.78 is 12.3. The number of hydrogen-bond donors (Lipinski definition) is 0. The summed E-state index contributed by atoms with van der Waals surface area (Å²) in [7, 11) is 0. The summed E-state index contributed by atoms with van der Waals surface area (Å²) in [4.78, 5) is 39.4. The van der Waals surface area contributed by atoms with Gasteiger partial charge in [-0.15, -0.1) is 0 Å². The van der Waals surface area contributed by atoms with Crippen LogP contribution in [0.3, 0.4) is 0 Å². The van der Waals surface area contributed by atoms with Crippen LogP contribution in [0.15, 0.2) is 39.1 Å². The largest absolute Gasteiger partial charge is 0.378 e. The Morgan fingerprint density at radius 1 is 0.967 bits per heavy atom. The highest BCUT2D eigenvalue weighted by molar-refractivity contribution is 8.18. The van der Waals surface area contributed by atoms with Crippen molar-refractivity contribution >= 4 is 40.4 Å². The number of aliphatic imine (C=N–C) groups is 1. The Hall–Kier alpha value is -2.69. The van der Waals surface area contributed by atoms with E-state index in [2.05, 4.69) is 4.99 Å². The minimum atomic E-state index is -0.327. The molecule has 3 aliphatic rings. The molecule has 2 aromatic rings. The third kappa shape index (κ3) is 3.62. The lowest BCUT2D eigenvalue weighted by Crippen LogP contribution is -2.39. The average molecular weight is 427 g/mol. The fourth-order valence-corrected chi connectivity index (χ4v) is 4.60. The summed E-state index contributed by atoms with van der Waals surface area (Å²) in [5.74, 6) is 0.252. The van der Waals surface area contributed by atoms with Gasteiger partial charge in [-0.3, -0.25) is 14.0 Å². The lowest BCUT2D eigenvalue weighted by molar-refractivity contribution is -0.113. The molecule has 9 nitrogen and oxygen atoms in total. The van der Waals surface area contributed by atoms with Gasteiger partial charge in [-0.05, 0) is 30.0 Å². The van der Waals surface area contributed by atoms with Crippen molar-refractivity contribution in [3.8, 4) is 0 Å². The summed E-state index contributed by atoms with van der Waals surface area (Å²) in [5.41, 5.74) is 0.763. The van der Waals surface area contributed by atoms with E-state index in [1.807, 2.05) is 15.9 Å². The molecule has 0 spiro atoms. The molecule has 0 N–H and O–H groups in total. The third-order valence-corrected chi connectivity index (χ3v) is 6.27. The van der Waals surface area contributed by atoms with E-state index in [-0.39, 0.29) is 11.5 Å². The second-order valence-electron chi connectivity index (χ2n) is 7.09. The van der Waals surface area contributed by atoms with Crippen LogP contribution in [-0.2, 0) is 14.3 Å². The van der Waals surface area contributed by atoms with Crippen LogP contribution in [0.1, 0.15) is 5.56 Å². The molecule has 3 aliphatic heterocycles. The van der Waals surface area contributed by atoms with Gasteiger partial charge < -0.3 is 19.3 Å². The number of morpholine rings is 2. The van der Waals surface area contributed by atoms with Crippen LogP contribution < -0.4 is 10.5 Å². The molecule has 0 atom stereocenters. The van der Waals surface area contributed by atoms with Crippen molar-refractivity contribution in [3.63, 3.8) is 0 Å². The van der Waals surface area contributed by atoms with Crippen LogP contribution >= 0.6 is 11.8 Å². The van der Waals surface area contributed by atoms with E-state index in [0.717, 1.165) is 0 Å². The Morgan fingerprint density at radius 2 is 1.67 bits per heavy atom. The van der Waals surface area contributed by atoms with Crippen molar-refractivity contribution in [2.75, 3.05) is 57.5 Å². The van der Waals surface area contributed by atoms with Crippen molar-refractivity contribution in [1.82, 2.24) is 14.3 Å². The number of amides is 1. The summed E-state index contributed by atoms with van der Waals surface area (Å²) in [6.45, 7) is 5.06. The van der Waals surface area contributed by atoms with E-state index < -0.39 is 0 Å². The number of hydrogen-bond acceptors (Lipinski definition) is 8. The van der Waals surface area contributed by atoms with Gasteiger partial charge in [-0.1, -0.05) is 6.07 Å². The number of nitrogens with zero attached hydrogens (tertiary/aromatic N) is 5. The quantitative estimate of drug-likeness (QED) is 0.652. The molecule has 0 bridgehead atoms. The fourth-order valence-electron chi connectivity index (χ4n) is 3.65. The van der Waals surface area contributed by atoms with Crippen LogP contribution in [0, 0.1) is 0 Å². The van der Waals surface area contributed by atoms with Crippen molar-refractivity contribution in [2.24, 2.45) is 4.99 Å². The fraction of sp³-hybridized carbons (Fsp3) is 0.400. The number of pyridine rings is 1. The topological polar surface area (TPSA) is 88.7 Å². The molecule has 2 aromatic heterocycles. The summed E-state index contributed by atoms with van der Waals surface area (Å²) in [5, 5.41) is 0.663. The molecule has 0 unspecified atom stereocenters. The molecule has 2 fully saturated rings. The molecule has 1 amide bonds. The van der Waals surface area contributed by atoms with Gasteiger partial charge in [-0.2, -0.15) is 4.99 Å². The molecule has 0 saturated carbocycles. The number of fused-ring (bicyclic) bond motifs is 1. The highest BCUT2D eigenvalue weighted by atomic mass is 32.2. The predicted molar refractivity (Wildman–Crippen MR) is 115 cm³/mol. The first-order valence-electron chi connectivity index (χ1n) is 9.90. The van der Waals surface area contributed by atoms with Crippen LogP contribution in [0.4, 0.5) is 5.82 Å². The van der Waals surface area contributed by atoms with Crippen LogP contribution in [0.25, 0.3) is 11.7 Å². The number of aromatic nitrogens is 2. The number of rotatable bonds is 2. The number of amidine groups is 1. The lowest BCUT2D eigenvalue weighted by Gasteiger charge is -2.29. The van der Waals surface area contributed by atoms with E-state index >= 15 is 0 Å².